The zero-order chi connectivity index (χ0) is 18.8. The molecule has 1 amide bonds. The second kappa shape index (κ2) is 10.9. The molecule has 0 atom stereocenters. The minimum atomic E-state index is -0.0978. The molecule has 0 radical (unpaired) electrons. The van der Waals surface area contributed by atoms with E-state index in [-0.39, 0.29) is 5.91 Å². The standard InChI is InChI=1S/C21H28N2O2S/c1-4-26-16-17-6-8-18(9-7-17)21(24)22-19-10-12-20(13-11-19)25-15-5-14-23(2)3/h6-13H,4-5,14-16H2,1-3H3,(H,22,24). The van der Waals surface area contributed by atoms with Crippen LogP contribution in [-0.4, -0.2) is 43.8 Å². The van der Waals surface area contributed by atoms with Crippen molar-refractivity contribution in [2.75, 3.05) is 38.3 Å². The molecule has 0 fully saturated rings. The van der Waals surface area contributed by atoms with Crippen LogP contribution in [0.15, 0.2) is 48.5 Å². The Kier molecular flexibility index (Phi) is 8.51. The number of amides is 1. The van der Waals surface area contributed by atoms with Gasteiger partial charge >= 0.3 is 0 Å². The molecule has 140 valence electrons. The van der Waals surface area contributed by atoms with E-state index < -0.39 is 0 Å². The first-order chi connectivity index (χ1) is 12.6. The first kappa shape index (κ1) is 20.3. The zero-order valence-electron chi connectivity index (χ0n) is 15.8. The van der Waals surface area contributed by atoms with Crippen molar-refractivity contribution in [2.45, 2.75) is 19.1 Å². The molecule has 0 aliphatic rings. The van der Waals surface area contributed by atoms with Crippen LogP contribution < -0.4 is 10.1 Å². The minimum absolute atomic E-state index is 0.0978. The van der Waals surface area contributed by atoms with Gasteiger partial charge in [-0.1, -0.05) is 19.1 Å². The van der Waals surface area contributed by atoms with Crippen LogP contribution in [0.5, 0.6) is 5.75 Å². The SMILES string of the molecule is CCSCc1ccc(C(=O)Nc2ccc(OCCCN(C)C)cc2)cc1. The minimum Gasteiger partial charge on any atom is -0.494 e. The molecule has 0 aromatic heterocycles. The van der Waals surface area contributed by atoms with E-state index in [0.29, 0.717) is 12.2 Å². The topological polar surface area (TPSA) is 41.6 Å². The van der Waals surface area contributed by atoms with Crippen molar-refractivity contribution in [1.82, 2.24) is 4.90 Å². The first-order valence-electron chi connectivity index (χ1n) is 8.94. The number of benzene rings is 2. The van der Waals surface area contributed by atoms with Gasteiger partial charge in [-0.2, -0.15) is 11.8 Å². The van der Waals surface area contributed by atoms with Crippen molar-refractivity contribution in [3.8, 4) is 5.75 Å². The highest BCUT2D eigenvalue weighted by Gasteiger charge is 2.06. The summed E-state index contributed by atoms with van der Waals surface area (Å²) in [7, 11) is 4.10. The van der Waals surface area contributed by atoms with E-state index >= 15 is 0 Å². The van der Waals surface area contributed by atoms with Crippen LogP contribution in [0.25, 0.3) is 0 Å². The summed E-state index contributed by atoms with van der Waals surface area (Å²) < 4.78 is 5.71. The third kappa shape index (κ3) is 7.10. The van der Waals surface area contributed by atoms with Gasteiger partial charge in [0.15, 0.2) is 0 Å². The van der Waals surface area contributed by atoms with Gasteiger partial charge in [0, 0.05) is 23.5 Å². The Bertz CT molecular complexity index is 669. The summed E-state index contributed by atoms with van der Waals surface area (Å²) in [5.74, 6) is 2.80. The molecule has 0 spiro atoms. The lowest BCUT2D eigenvalue weighted by Gasteiger charge is -2.11. The molecule has 0 saturated heterocycles. The van der Waals surface area contributed by atoms with Gasteiger partial charge in [-0.05, 0) is 68.2 Å². The monoisotopic (exact) mass is 372 g/mol. The Morgan fingerprint density at radius 1 is 1.08 bits per heavy atom. The normalized spacial score (nSPS) is 10.8. The van der Waals surface area contributed by atoms with Gasteiger partial charge in [-0.15, -0.1) is 0 Å². The molecule has 0 saturated carbocycles. The van der Waals surface area contributed by atoms with E-state index in [0.717, 1.165) is 35.9 Å². The molecule has 0 aliphatic heterocycles. The second-order valence-electron chi connectivity index (χ2n) is 6.32. The third-order valence-electron chi connectivity index (χ3n) is 3.82. The van der Waals surface area contributed by atoms with Crippen LogP contribution in [-0.2, 0) is 5.75 Å². The lowest BCUT2D eigenvalue weighted by molar-refractivity contribution is 0.102. The summed E-state index contributed by atoms with van der Waals surface area (Å²) >= 11 is 1.87. The second-order valence-corrected chi connectivity index (χ2v) is 7.59. The van der Waals surface area contributed by atoms with Gasteiger partial charge < -0.3 is 15.0 Å². The van der Waals surface area contributed by atoms with E-state index in [9.17, 15) is 4.79 Å². The fraction of sp³-hybridized carbons (Fsp3) is 0.381. The van der Waals surface area contributed by atoms with Crippen molar-refractivity contribution in [3.05, 3.63) is 59.7 Å². The molecule has 0 bridgehead atoms. The van der Waals surface area contributed by atoms with Crippen molar-refractivity contribution in [3.63, 3.8) is 0 Å². The Hall–Kier alpha value is -1.98. The first-order valence-corrected chi connectivity index (χ1v) is 10.1. The summed E-state index contributed by atoms with van der Waals surface area (Å²) in [5, 5.41) is 2.92. The number of rotatable bonds is 10. The summed E-state index contributed by atoms with van der Waals surface area (Å²) in [6, 6.07) is 15.3. The van der Waals surface area contributed by atoms with Crippen molar-refractivity contribution in [1.29, 1.82) is 0 Å². The number of carbonyl (C=O) groups excluding carboxylic acids is 1. The Morgan fingerprint density at radius 2 is 1.77 bits per heavy atom. The van der Waals surface area contributed by atoms with E-state index in [1.807, 2.05) is 60.3 Å². The Labute approximate surface area is 160 Å². The maximum Gasteiger partial charge on any atom is 0.255 e. The average molecular weight is 373 g/mol. The molecule has 2 rings (SSSR count). The molecule has 0 unspecified atom stereocenters. The summed E-state index contributed by atoms with van der Waals surface area (Å²) in [5.41, 5.74) is 2.67. The Balaban J connectivity index is 1.83. The summed E-state index contributed by atoms with van der Waals surface area (Å²) in [4.78, 5) is 14.5. The highest BCUT2D eigenvalue weighted by Crippen LogP contribution is 2.17. The van der Waals surface area contributed by atoms with E-state index in [1.54, 1.807) is 0 Å². The lowest BCUT2D eigenvalue weighted by atomic mass is 10.1. The van der Waals surface area contributed by atoms with Crippen LogP contribution in [0.3, 0.4) is 0 Å². The number of nitrogens with one attached hydrogen (secondary N) is 1. The van der Waals surface area contributed by atoms with Crippen molar-refractivity contribution < 1.29 is 9.53 Å². The zero-order valence-corrected chi connectivity index (χ0v) is 16.6. The van der Waals surface area contributed by atoms with Gasteiger partial charge in [0.1, 0.15) is 5.75 Å². The lowest BCUT2D eigenvalue weighted by Crippen LogP contribution is -2.15. The van der Waals surface area contributed by atoms with Crippen molar-refractivity contribution >= 4 is 23.4 Å². The Morgan fingerprint density at radius 3 is 2.38 bits per heavy atom. The van der Waals surface area contributed by atoms with Gasteiger partial charge in [0.2, 0.25) is 0 Å². The highest BCUT2D eigenvalue weighted by molar-refractivity contribution is 7.98. The van der Waals surface area contributed by atoms with Gasteiger partial charge in [0.05, 0.1) is 6.61 Å². The van der Waals surface area contributed by atoms with Crippen LogP contribution in [0.4, 0.5) is 5.69 Å². The molecule has 1 N–H and O–H groups in total. The fourth-order valence-corrected chi connectivity index (χ4v) is 3.01. The largest absolute Gasteiger partial charge is 0.494 e. The predicted molar refractivity (Wildman–Crippen MR) is 111 cm³/mol. The van der Waals surface area contributed by atoms with Crippen LogP contribution >= 0.6 is 11.8 Å². The third-order valence-corrected chi connectivity index (χ3v) is 4.77. The van der Waals surface area contributed by atoms with Crippen LogP contribution in [0, 0.1) is 0 Å². The van der Waals surface area contributed by atoms with Gasteiger partial charge in [-0.3, -0.25) is 4.79 Å². The number of hydrogen-bond donors (Lipinski definition) is 1. The molecular formula is C21H28N2O2S. The van der Waals surface area contributed by atoms with E-state index in [4.69, 9.17) is 4.74 Å². The van der Waals surface area contributed by atoms with Crippen molar-refractivity contribution in [2.24, 2.45) is 0 Å². The molecule has 2 aromatic rings. The smallest absolute Gasteiger partial charge is 0.255 e. The van der Waals surface area contributed by atoms with Gasteiger partial charge in [0.25, 0.3) is 5.91 Å². The predicted octanol–water partition coefficient (Wildman–Crippen LogP) is 4.52. The maximum absolute atomic E-state index is 12.3. The highest BCUT2D eigenvalue weighted by atomic mass is 32.2. The van der Waals surface area contributed by atoms with Crippen LogP contribution in [0.1, 0.15) is 29.3 Å². The average Bonchev–Trinajstić information content (AvgIpc) is 2.65. The summed E-state index contributed by atoms with van der Waals surface area (Å²) in [6.45, 7) is 3.84. The fourth-order valence-electron chi connectivity index (χ4n) is 2.38. The summed E-state index contributed by atoms with van der Waals surface area (Å²) in [6.07, 6.45) is 0.984. The maximum atomic E-state index is 12.3. The molecule has 0 aliphatic carbocycles. The molecule has 0 heterocycles. The number of carbonyl (C=O) groups is 1. The number of nitrogens with zero attached hydrogens (tertiary/aromatic N) is 1. The van der Waals surface area contributed by atoms with E-state index in [1.165, 1.54) is 5.56 Å². The number of ether oxygens (including phenoxy) is 1. The number of anilines is 1. The quantitative estimate of drug-likeness (QED) is 0.623. The van der Waals surface area contributed by atoms with E-state index in [2.05, 4.69) is 31.2 Å². The molecule has 2 aromatic carbocycles. The number of hydrogen-bond acceptors (Lipinski definition) is 4. The number of thioether (sulfide) groups is 1. The van der Waals surface area contributed by atoms with Crippen LogP contribution in [0.2, 0.25) is 0 Å². The molecule has 5 heteroatoms. The van der Waals surface area contributed by atoms with Gasteiger partial charge in [-0.25, -0.2) is 0 Å². The molecule has 26 heavy (non-hydrogen) atoms. The molecule has 4 nitrogen and oxygen atoms in total. The molecular weight excluding hydrogens is 344 g/mol.